The molecule has 1 fully saturated rings. The third-order valence-corrected chi connectivity index (χ3v) is 5.73. The van der Waals surface area contributed by atoms with E-state index in [9.17, 15) is 4.79 Å². The molecule has 1 N–H and O–H groups in total. The van der Waals surface area contributed by atoms with E-state index in [1.165, 1.54) is 0 Å². The van der Waals surface area contributed by atoms with Crippen LogP contribution < -0.4 is 19.7 Å². The van der Waals surface area contributed by atoms with Crippen molar-refractivity contribution in [2.24, 2.45) is 5.92 Å². The monoisotopic (exact) mass is 397 g/mol. The maximum absolute atomic E-state index is 13.3. The number of thiocarbonyl (C=S) groups is 1. The van der Waals surface area contributed by atoms with Gasteiger partial charge in [0.2, 0.25) is 5.91 Å². The molecule has 1 amide bonds. The highest BCUT2D eigenvalue weighted by Crippen LogP contribution is 2.52. The lowest BCUT2D eigenvalue weighted by atomic mass is 9.78. The fraction of sp³-hybridized carbons (Fsp3) is 0.333. The van der Waals surface area contributed by atoms with Gasteiger partial charge in [-0.3, -0.25) is 9.69 Å². The maximum Gasteiger partial charge on any atom is 0.233 e. The number of benzene rings is 2. The smallest absolute Gasteiger partial charge is 0.233 e. The van der Waals surface area contributed by atoms with E-state index in [0.29, 0.717) is 16.6 Å². The fourth-order valence-electron chi connectivity index (χ4n) is 4.15. The number of para-hydroxylation sites is 2. The third-order valence-electron chi connectivity index (χ3n) is 5.43. The van der Waals surface area contributed by atoms with Crippen molar-refractivity contribution in [3.8, 4) is 11.5 Å². The molecular weight excluding hydrogens is 374 g/mol. The van der Waals surface area contributed by atoms with Crippen molar-refractivity contribution in [1.82, 2.24) is 10.2 Å². The maximum atomic E-state index is 13.3. The summed E-state index contributed by atoms with van der Waals surface area (Å²) >= 11 is 5.71. The molecule has 0 spiro atoms. The summed E-state index contributed by atoms with van der Waals surface area (Å²) in [5.74, 6) is 0.731. The van der Waals surface area contributed by atoms with Crippen LogP contribution in [0.15, 0.2) is 48.5 Å². The number of anilines is 1. The minimum absolute atomic E-state index is 0.0306. The normalized spacial score (nSPS) is 25.3. The Hall–Kier alpha value is -2.80. The highest BCUT2D eigenvalue weighted by molar-refractivity contribution is 7.80. The Morgan fingerprint density at radius 1 is 1.21 bits per heavy atom. The molecule has 2 bridgehead atoms. The molecule has 0 aromatic heterocycles. The van der Waals surface area contributed by atoms with E-state index in [0.717, 1.165) is 11.3 Å². The summed E-state index contributed by atoms with van der Waals surface area (Å²) in [5.41, 5.74) is 0.708. The molecule has 2 aromatic carbocycles. The topological polar surface area (TPSA) is 54.0 Å². The Morgan fingerprint density at radius 3 is 2.57 bits per heavy atom. The van der Waals surface area contributed by atoms with E-state index in [4.69, 9.17) is 21.7 Å². The molecule has 7 heteroatoms. The summed E-state index contributed by atoms with van der Waals surface area (Å²) in [6.45, 7) is 1.92. The number of rotatable bonds is 3. The second-order valence-electron chi connectivity index (χ2n) is 7.34. The molecule has 2 heterocycles. The van der Waals surface area contributed by atoms with Crippen molar-refractivity contribution < 1.29 is 14.3 Å². The molecule has 28 heavy (non-hydrogen) atoms. The molecule has 4 rings (SSSR count). The van der Waals surface area contributed by atoms with Crippen molar-refractivity contribution in [2.75, 3.05) is 26.1 Å². The number of amides is 1. The minimum atomic E-state index is -1.02. The van der Waals surface area contributed by atoms with Gasteiger partial charge in [0, 0.05) is 25.3 Å². The highest BCUT2D eigenvalue weighted by Gasteiger charge is 2.59. The van der Waals surface area contributed by atoms with Gasteiger partial charge in [0.05, 0.1) is 13.2 Å². The summed E-state index contributed by atoms with van der Waals surface area (Å²) in [6.07, 6.45) is 0. The Bertz CT molecular complexity index is 934. The van der Waals surface area contributed by atoms with E-state index in [-0.39, 0.29) is 11.9 Å². The van der Waals surface area contributed by atoms with Gasteiger partial charge in [0.15, 0.2) is 22.3 Å². The van der Waals surface area contributed by atoms with Gasteiger partial charge in [0.1, 0.15) is 5.92 Å². The first kappa shape index (κ1) is 18.6. The number of hydrogen-bond acceptors (Lipinski definition) is 4. The summed E-state index contributed by atoms with van der Waals surface area (Å²) in [7, 11) is 5.13. The van der Waals surface area contributed by atoms with E-state index < -0.39 is 11.6 Å². The number of carbonyl (C=O) groups excluding carboxylic acids is 1. The van der Waals surface area contributed by atoms with Gasteiger partial charge in [-0.2, -0.15) is 0 Å². The first-order chi connectivity index (χ1) is 13.4. The lowest BCUT2D eigenvalue weighted by Crippen LogP contribution is -2.72. The summed E-state index contributed by atoms with van der Waals surface area (Å²) in [4.78, 5) is 16.8. The Kier molecular flexibility index (Phi) is 4.42. The number of hydrogen-bond donors (Lipinski definition) is 1. The molecule has 146 valence electrons. The van der Waals surface area contributed by atoms with Crippen LogP contribution in [0.25, 0.3) is 0 Å². The van der Waals surface area contributed by atoms with E-state index in [1.807, 2.05) is 60.4 Å². The summed E-state index contributed by atoms with van der Waals surface area (Å²) < 4.78 is 12.1. The molecule has 2 aliphatic rings. The molecule has 0 unspecified atom stereocenters. The third kappa shape index (κ3) is 2.61. The quantitative estimate of drug-likeness (QED) is 0.804. The molecule has 1 saturated heterocycles. The number of fused-ring (bicyclic) bond motifs is 4. The molecule has 0 saturated carbocycles. The van der Waals surface area contributed by atoms with Crippen molar-refractivity contribution in [3.05, 3.63) is 54.1 Å². The molecule has 2 aromatic rings. The van der Waals surface area contributed by atoms with Crippen LogP contribution in [-0.4, -0.2) is 42.8 Å². The Balaban J connectivity index is 1.95. The van der Waals surface area contributed by atoms with Gasteiger partial charge >= 0.3 is 0 Å². The van der Waals surface area contributed by atoms with E-state index in [1.54, 1.807) is 26.1 Å². The van der Waals surface area contributed by atoms with Crippen molar-refractivity contribution >= 4 is 28.9 Å². The predicted molar refractivity (Wildman–Crippen MR) is 112 cm³/mol. The first-order valence-corrected chi connectivity index (χ1v) is 9.52. The van der Waals surface area contributed by atoms with Crippen LogP contribution in [0.3, 0.4) is 0 Å². The SMILES string of the molecule is COc1cccc2c1O[C@@]1(C)[C@@H](C(=O)N(C)C)[C@@H]2NC(=S)N1c1ccccc1. The second kappa shape index (κ2) is 6.67. The number of nitrogens with zero attached hydrogens (tertiary/aromatic N) is 2. The number of nitrogens with one attached hydrogen (secondary N) is 1. The van der Waals surface area contributed by atoms with Crippen LogP contribution in [0.1, 0.15) is 18.5 Å². The average Bonchev–Trinajstić information content (AvgIpc) is 2.67. The molecular formula is C21H23N3O3S. The van der Waals surface area contributed by atoms with Crippen LogP contribution in [0, 0.1) is 5.92 Å². The van der Waals surface area contributed by atoms with Gasteiger partial charge in [-0.05, 0) is 37.3 Å². The molecule has 0 aliphatic carbocycles. The van der Waals surface area contributed by atoms with Crippen LogP contribution in [-0.2, 0) is 4.79 Å². The Labute approximate surface area is 170 Å². The molecule has 2 aliphatic heterocycles. The van der Waals surface area contributed by atoms with Crippen LogP contribution in [0.5, 0.6) is 11.5 Å². The zero-order valence-electron chi connectivity index (χ0n) is 16.3. The van der Waals surface area contributed by atoms with Crippen LogP contribution >= 0.6 is 12.2 Å². The average molecular weight is 398 g/mol. The second-order valence-corrected chi connectivity index (χ2v) is 7.73. The predicted octanol–water partition coefficient (Wildman–Crippen LogP) is 2.94. The van der Waals surface area contributed by atoms with Crippen molar-refractivity contribution in [3.63, 3.8) is 0 Å². The van der Waals surface area contributed by atoms with E-state index in [2.05, 4.69) is 5.32 Å². The first-order valence-electron chi connectivity index (χ1n) is 9.11. The lowest BCUT2D eigenvalue weighted by Gasteiger charge is -2.56. The van der Waals surface area contributed by atoms with Gasteiger partial charge in [-0.25, -0.2) is 0 Å². The number of carbonyl (C=O) groups is 1. The molecule has 6 nitrogen and oxygen atoms in total. The van der Waals surface area contributed by atoms with Gasteiger partial charge in [0.25, 0.3) is 0 Å². The number of ether oxygens (including phenoxy) is 2. The van der Waals surface area contributed by atoms with Gasteiger partial charge in [-0.1, -0.05) is 30.3 Å². The fourth-order valence-corrected chi connectivity index (χ4v) is 4.57. The van der Waals surface area contributed by atoms with Crippen molar-refractivity contribution in [1.29, 1.82) is 0 Å². The molecule has 0 radical (unpaired) electrons. The largest absolute Gasteiger partial charge is 0.493 e. The standard InChI is InChI=1S/C21H23N3O3S/c1-21-16(19(25)23(2)3)17(14-11-8-12-15(26-4)18(14)27-21)22-20(28)24(21)13-9-6-5-7-10-13/h5-12,16-17H,1-4H3,(H,22,28)/t16-,17-,21+/m1/s1. The van der Waals surface area contributed by atoms with E-state index >= 15 is 0 Å². The van der Waals surface area contributed by atoms with Gasteiger partial charge < -0.3 is 19.7 Å². The van der Waals surface area contributed by atoms with Crippen LogP contribution in [0.4, 0.5) is 5.69 Å². The van der Waals surface area contributed by atoms with Gasteiger partial charge in [-0.15, -0.1) is 0 Å². The lowest BCUT2D eigenvalue weighted by molar-refractivity contribution is -0.144. The minimum Gasteiger partial charge on any atom is -0.493 e. The summed E-state index contributed by atoms with van der Waals surface area (Å²) in [6, 6.07) is 15.1. The zero-order chi connectivity index (χ0) is 20.1. The molecule has 3 atom stereocenters. The number of methoxy groups -OCH3 is 1. The van der Waals surface area contributed by atoms with Crippen molar-refractivity contribution in [2.45, 2.75) is 18.7 Å². The van der Waals surface area contributed by atoms with Crippen LogP contribution in [0.2, 0.25) is 0 Å². The highest BCUT2D eigenvalue weighted by atomic mass is 32.1. The Morgan fingerprint density at radius 2 is 1.93 bits per heavy atom. The zero-order valence-corrected chi connectivity index (χ0v) is 17.1. The summed E-state index contributed by atoms with van der Waals surface area (Å²) in [5, 5.41) is 3.91.